The molecule has 1 saturated heterocycles. The summed E-state index contributed by atoms with van der Waals surface area (Å²) in [6.07, 6.45) is 1.14. The summed E-state index contributed by atoms with van der Waals surface area (Å²) in [7, 11) is -3.26. The maximum absolute atomic E-state index is 11.4. The van der Waals surface area contributed by atoms with Gasteiger partial charge in [0.25, 0.3) is 0 Å². The van der Waals surface area contributed by atoms with Crippen LogP contribution in [0.4, 0.5) is 0 Å². The number of aliphatic hydroxyl groups is 2. The van der Waals surface area contributed by atoms with Crippen LogP contribution in [0, 0.1) is 0 Å². The zero-order valence-electron chi connectivity index (χ0n) is 11.7. The van der Waals surface area contributed by atoms with Gasteiger partial charge < -0.3 is 14.9 Å². The van der Waals surface area contributed by atoms with Crippen LogP contribution < -0.4 is 0 Å². The number of sulfone groups is 1. The molecule has 1 aromatic rings. The van der Waals surface area contributed by atoms with E-state index < -0.39 is 15.6 Å². The highest BCUT2D eigenvalue weighted by atomic mass is 35.5. The van der Waals surface area contributed by atoms with Gasteiger partial charge in [-0.3, -0.25) is 4.90 Å². The maximum Gasteiger partial charge on any atom is 0.205 e. The highest BCUT2D eigenvalue weighted by molar-refractivity contribution is 7.90. The molecule has 1 fully saturated rings. The smallest absolute Gasteiger partial charge is 0.205 e. The number of benzene rings is 1. The number of hydrogen-bond acceptors (Lipinski definition) is 6. The Kier molecular flexibility index (Phi) is 6.15. The third-order valence-electron chi connectivity index (χ3n) is 3.34. The van der Waals surface area contributed by atoms with Crippen LogP contribution >= 0.6 is 12.4 Å². The lowest BCUT2D eigenvalue weighted by atomic mass is 10.0. The minimum Gasteiger partial charge on any atom is -0.395 e. The van der Waals surface area contributed by atoms with E-state index in [4.69, 9.17) is 9.84 Å². The van der Waals surface area contributed by atoms with Gasteiger partial charge in [0.2, 0.25) is 5.79 Å². The van der Waals surface area contributed by atoms with E-state index in [1.807, 2.05) is 4.90 Å². The molecule has 1 unspecified atom stereocenters. The monoisotopic (exact) mass is 337 g/mol. The fourth-order valence-corrected chi connectivity index (χ4v) is 2.87. The highest BCUT2D eigenvalue weighted by Crippen LogP contribution is 2.27. The SMILES string of the molecule is CS(=O)(=O)c1ccc(C2(O)CN(CCO)CCO2)cc1.Cl. The highest BCUT2D eigenvalue weighted by Gasteiger charge is 2.36. The van der Waals surface area contributed by atoms with E-state index in [9.17, 15) is 13.5 Å². The number of β-amino-alcohol motifs (C(OH)–C–C–N with tert-alkyl or cyclic N) is 2. The number of ether oxygens (including phenoxy) is 1. The van der Waals surface area contributed by atoms with Gasteiger partial charge in [0.1, 0.15) is 0 Å². The average molecular weight is 338 g/mol. The predicted octanol–water partition coefficient (Wildman–Crippen LogP) is -0.0185. The lowest BCUT2D eigenvalue weighted by Gasteiger charge is -2.39. The Labute approximate surface area is 130 Å². The fourth-order valence-electron chi connectivity index (χ4n) is 2.24. The Morgan fingerprint density at radius 1 is 1.33 bits per heavy atom. The quantitative estimate of drug-likeness (QED) is 0.803. The van der Waals surface area contributed by atoms with Crippen LogP contribution in [0.2, 0.25) is 0 Å². The first-order valence-electron chi connectivity index (χ1n) is 6.35. The molecule has 8 heteroatoms. The van der Waals surface area contributed by atoms with E-state index in [2.05, 4.69) is 0 Å². The molecule has 120 valence electrons. The van der Waals surface area contributed by atoms with Crippen molar-refractivity contribution in [3.63, 3.8) is 0 Å². The van der Waals surface area contributed by atoms with E-state index in [-0.39, 0.29) is 30.5 Å². The lowest BCUT2D eigenvalue weighted by molar-refractivity contribution is -0.248. The molecule has 0 radical (unpaired) electrons. The molecule has 1 aliphatic rings. The van der Waals surface area contributed by atoms with Crippen molar-refractivity contribution in [2.45, 2.75) is 10.7 Å². The maximum atomic E-state index is 11.4. The van der Waals surface area contributed by atoms with Crippen LogP contribution in [0.3, 0.4) is 0 Å². The van der Waals surface area contributed by atoms with Crippen LogP contribution in [-0.4, -0.2) is 62.6 Å². The zero-order chi connectivity index (χ0) is 14.8. The molecule has 1 atom stereocenters. The van der Waals surface area contributed by atoms with Crippen molar-refractivity contribution in [3.05, 3.63) is 29.8 Å². The summed E-state index contributed by atoms with van der Waals surface area (Å²) in [6.45, 7) is 1.72. The molecule has 1 aromatic carbocycles. The van der Waals surface area contributed by atoms with Crippen LogP contribution in [0.15, 0.2) is 29.2 Å². The number of halogens is 1. The van der Waals surface area contributed by atoms with Crippen molar-refractivity contribution in [2.75, 3.05) is 39.1 Å². The van der Waals surface area contributed by atoms with Crippen LogP contribution in [0.25, 0.3) is 0 Å². The van der Waals surface area contributed by atoms with Crippen molar-refractivity contribution in [1.82, 2.24) is 4.90 Å². The molecule has 0 bridgehead atoms. The van der Waals surface area contributed by atoms with Crippen LogP contribution in [0.1, 0.15) is 5.56 Å². The van der Waals surface area contributed by atoms with Gasteiger partial charge in [-0.2, -0.15) is 0 Å². The summed E-state index contributed by atoms with van der Waals surface area (Å²) >= 11 is 0. The fraction of sp³-hybridized carbons (Fsp3) is 0.538. The van der Waals surface area contributed by atoms with Gasteiger partial charge in [-0.05, 0) is 12.1 Å². The first kappa shape index (κ1) is 18.3. The third-order valence-corrected chi connectivity index (χ3v) is 4.46. The minimum absolute atomic E-state index is 0. The Morgan fingerprint density at radius 3 is 2.48 bits per heavy atom. The second kappa shape index (κ2) is 7.04. The topological polar surface area (TPSA) is 87.1 Å². The Bertz CT molecular complexity index is 560. The molecule has 0 aliphatic carbocycles. The minimum atomic E-state index is -3.26. The van der Waals surface area contributed by atoms with Crippen molar-refractivity contribution in [3.8, 4) is 0 Å². The van der Waals surface area contributed by atoms with Gasteiger partial charge >= 0.3 is 0 Å². The first-order chi connectivity index (χ1) is 9.35. The third kappa shape index (κ3) is 4.38. The molecule has 2 rings (SSSR count). The van der Waals surface area contributed by atoms with Crippen LogP contribution in [0.5, 0.6) is 0 Å². The number of nitrogens with zero attached hydrogens (tertiary/aromatic N) is 1. The van der Waals surface area contributed by atoms with Crippen molar-refractivity contribution in [1.29, 1.82) is 0 Å². The summed E-state index contributed by atoms with van der Waals surface area (Å²) in [5.74, 6) is -1.47. The molecular weight excluding hydrogens is 318 g/mol. The Balaban J connectivity index is 0.00000220. The van der Waals surface area contributed by atoms with Gasteiger partial charge in [0, 0.05) is 24.9 Å². The molecular formula is C13H20ClNO5S. The molecule has 6 nitrogen and oxygen atoms in total. The second-order valence-electron chi connectivity index (χ2n) is 4.93. The summed E-state index contributed by atoms with van der Waals surface area (Å²) in [5.41, 5.74) is 0.507. The van der Waals surface area contributed by atoms with E-state index in [1.165, 1.54) is 12.1 Å². The van der Waals surface area contributed by atoms with E-state index >= 15 is 0 Å². The predicted molar refractivity (Wildman–Crippen MR) is 80.2 cm³/mol. The van der Waals surface area contributed by atoms with E-state index in [0.29, 0.717) is 25.3 Å². The van der Waals surface area contributed by atoms with Gasteiger partial charge in [-0.15, -0.1) is 12.4 Å². The summed E-state index contributed by atoms with van der Waals surface area (Å²) in [5, 5.41) is 19.5. The average Bonchev–Trinajstić information content (AvgIpc) is 2.38. The summed E-state index contributed by atoms with van der Waals surface area (Å²) in [4.78, 5) is 2.10. The Morgan fingerprint density at radius 2 is 1.95 bits per heavy atom. The lowest BCUT2D eigenvalue weighted by Crippen LogP contribution is -2.50. The van der Waals surface area contributed by atoms with E-state index in [0.717, 1.165) is 6.26 Å². The number of rotatable bonds is 4. The molecule has 0 spiro atoms. The molecule has 21 heavy (non-hydrogen) atoms. The largest absolute Gasteiger partial charge is 0.395 e. The molecule has 1 aliphatic heterocycles. The van der Waals surface area contributed by atoms with Crippen molar-refractivity contribution < 1.29 is 23.4 Å². The zero-order valence-corrected chi connectivity index (χ0v) is 13.4. The second-order valence-corrected chi connectivity index (χ2v) is 6.94. The van der Waals surface area contributed by atoms with E-state index in [1.54, 1.807) is 12.1 Å². The number of hydrogen-bond donors (Lipinski definition) is 2. The number of morpholine rings is 1. The van der Waals surface area contributed by atoms with Gasteiger partial charge in [0.15, 0.2) is 9.84 Å². The molecule has 1 heterocycles. The van der Waals surface area contributed by atoms with Gasteiger partial charge in [0.05, 0.1) is 24.7 Å². The van der Waals surface area contributed by atoms with Crippen LogP contribution in [-0.2, 0) is 20.4 Å². The molecule has 0 saturated carbocycles. The standard InChI is InChI=1S/C13H19NO5S.ClH/c1-20(17,18)12-4-2-11(3-5-12)13(16)10-14(6-8-15)7-9-19-13;/h2-5,15-16H,6-10H2,1H3;1H. The Hall–Kier alpha value is -0.700. The number of aliphatic hydroxyl groups excluding tert-OH is 1. The molecule has 0 aromatic heterocycles. The summed E-state index contributed by atoms with van der Waals surface area (Å²) in [6, 6.07) is 6.02. The first-order valence-corrected chi connectivity index (χ1v) is 8.24. The van der Waals surface area contributed by atoms with Crippen molar-refractivity contribution in [2.24, 2.45) is 0 Å². The molecule has 0 amide bonds. The normalized spacial score (nSPS) is 23.6. The molecule has 2 N–H and O–H groups in total. The van der Waals surface area contributed by atoms with Gasteiger partial charge in [-0.1, -0.05) is 12.1 Å². The summed E-state index contributed by atoms with van der Waals surface area (Å²) < 4.78 is 28.3. The van der Waals surface area contributed by atoms with Crippen molar-refractivity contribution >= 4 is 22.2 Å². The van der Waals surface area contributed by atoms with Gasteiger partial charge in [-0.25, -0.2) is 8.42 Å².